The van der Waals surface area contributed by atoms with E-state index in [-0.39, 0.29) is 16.7 Å². The lowest BCUT2D eigenvalue weighted by atomic mass is 9.97. The second kappa shape index (κ2) is 8.16. The van der Waals surface area contributed by atoms with Gasteiger partial charge in [0.15, 0.2) is 0 Å². The van der Waals surface area contributed by atoms with Gasteiger partial charge in [0.05, 0.1) is 17.1 Å². The minimum atomic E-state index is -3.55. The smallest absolute Gasteiger partial charge is 0.243 e. The highest BCUT2D eigenvalue weighted by atomic mass is 35.5. The Balaban J connectivity index is 1.55. The molecule has 8 heteroatoms. The number of carbonyl (C=O) groups excluding carboxylic acids is 1. The summed E-state index contributed by atoms with van der Waals surface area (Å²) in [5.74, 6) is -0.241. The average Bonchev–Trinajstić information content (AvgIpc) is 2.67. The van der Waals surface area contributed by atoms with E-state index < -0.39 is 10.0 Å². The Morgan fingerprint density at radius 2 is 1.85 bits per heavy atom. The monoisotopic (exact) mass is 393 g/mol. The van der Waals surface area contributed by atoms with Gasteiger partial charge in [-0.2, -0.15) is 4.31 Å². The van der Waals surface area contributed by atoms with Crippen LogP contribution in [0.3, 0.4) is 0 Å². The Hall–Kier alpha value is -1.96. The third-order valence-corrected chi connectivity index (χ3v) is 6.61. The molecule has 0 bridgehead atoms. The van der Waals surface area contributed by atoms with Crippen molar-refractivity contribution in [3.63, 3.8) is 0 Å². The van der Waals surface area contributed by atoms with Gasteiger partial charge in [-0.25, -0.2) is 8.42 Å². The number of hydrogen-bond acceptors (Lipinski definition) is 4. The summed E-state index contributed by atoms with van der Waals surface area (Å²) in [4.78, 5) is 16.7. The molecule has 1 N–H and O–H groups in total. The maximum absolute atomic E-state index is 12.7. The van der Waals surface area contributed by atoms with Crippen LogP contribution in [0.25, 0.3) is 0 Å². The zero-order chi connectivity index (χ0) is 18.6. The van der Waals surface area contributed by atoms with Crippen molar-refractivity contribution in [2.24, 2.45) is 5.92 Å². The molecule has 2 heterocycles. The number of amides is 1. The van der Waals surface area contributed by atoms with E-state index in [0.29, 0.717) is 37.5 Å². The van der Waals surface area contributed by atoms with E-state index in [0.717, 1.165) is 5.69 Å². The molecule has 26 heavy (non-hydrogen) atoms. The summed E-state index contributed by atoms with van der Waals surface area (Å²) < 4.78 is 26.7. The first-order chi connectivity index (χ1) is 12.5. The first-order valence-electron chi connectivity index (χ1n) is 8.40. The molecule has 1 fully saturated rings. The van der Waals surface area contributed by atoms with Crippen LogP contribution in [-0.2, 0) is 21.4 Å². The van der Waals surface area contributed by atoms with Gasteiger partial charge >= 0.3 is 0 Å². The summed E-state index contributed by atoms with van der Waals surface area (Å²) in [7, 11) is -3.55. The first kappa shape index (κ1) is 18.8. The molecule has 1 amide bonds. The fraction of sp³-hybridized carbons (Fsp3) is 0.333. The molecule has 3 rings (SSSR count). The Labute approximate surface area is 158 Å². The van der Waals surface area contributed by atoms with Crippen LogP contribution >= 0.6 is 11.6 Å². The average molecular weight is 394 g/mol. The van der Waals surface area contributed by atoms with E-state index in [1.54, 1.807) is 18.3 Å². The van der Waals surface area contributed by atoms with Crippen LogP contribution in [0.5, 0.6) is 0 Å². The third-order valence-electron chi connectivity index (χ3n) is 4.45. The Morgan fingerprint density at radius 1 is 1.15 bits per heavy atom. The van der Waals surface area contributed by atoms with E-state index in [1.165, 1.54) is 16.4 Å². The highest BCUT2D eigenvalue weighted by Crippen LogP contribution is 2.24. The molecule has 1 saturated heterocycles. The molecule has 0 aliphatic carbocycles. The minimum absolute atomic E-state index is 0.0563. The van der Waals surface area contributed by atoms with Gasteiger partial charge in [0.25, 0.3) is 0 Å². The van der Waals surface area contributed by atoms with Crippen molar-refractivity contribution in [3.05, 3.63) is 59.4 Å². The van der Waals surface area contributed by atoms with Crippen LogP contribution in [0.1, 0.15) is 18.5 Å². The second-order valence-corrected chi connectivity index (χ2v) is 8.55. The van der Waals surface area contributed by atoms with Crippen LogP contribution in [0.4, 0.5) is 0 Å². The molecule has 1 aromatic carbocycles. The molecular formula is C18H20ClN3O3S. The molecular weight excluding hydrogens is 374 g/mol. The lowest BCUT2D eigenvalue weighted by Gasteiger charge is -2.30. The summed E-state index contributed by atoms with van der Waals surface area (Å²) in [6.45, 7) is 1.03. The number of hydrogen-bond donors (Lipinski definition) is 1. The number of piperidine rings is 1. The maximum Gasteiger partial charge on any atom is 0.243 e. The third kappa shape index (κ3) is 4.41. The summed E-state index contributed by atoms with van der Waals surface area (Å²) >= 11 is 5.82. The van der Waals surface area contributed by atoms with Crippen molar-refractivity contribution >= 4 is 27.5 Å². The zero-order valence-corrected chi connectivity index (χ0v) is 15.7. The molecule has 2 aromatic rings. The van der Waals surface area contributed by atoms with Gasteiger partial charge in [-0.1, -0.05) is 17.7 Å². The van der Waals surface area contributed by atoms with Crippen LogP contribution < -0.4 is 5.32 Å². The lowest BCUT2D eigenvalue weighted by Crippen LogP contribution is -2.42. The molecule has 1 aliphatic rings. The van der Waals surface area contributed by atoms with Gasteiger partial charge in [-0.05, 0) is 49.2 Å². The van der Waals surface area contributed by atoms with Crippen molar-refractivity contribution < 1.29 is 13.2 Å². The maximum atomic E-state index is 12.7. The first-order valence-corrected chi connectivity index (χ1v) is 10.2. The number of benzene rings is 1. The van der Waals surface area contributed by atoms with E-state index >= 15 is 0 Å². The molecule has 0 unspecified atom stereocenters. The normalized spacial score (nSPS) is 16.3. The molecule has 6 nitrogen and oxygen atoms in total. The predicted molar refractivity (Wildman–Crippen MR) is 99.0 cm³/mol. The molecule has 1 aliphatic heterocycles. The van der Waals surface area contributed by atoms with Crippen molar-refractivity contribution in [1.82, 2.24) is 14.6 Å². The number of nitrogens with one attached hydrogen (secondary N) is 1. The summed E-state index contributed by atoms with van der Waals surface area (Å²) in [5, 5.41) is 3.37. The van der Waals surface area contributed by atoms with Gasteiger partial charge in [-0.3, -0.25) is 9.78 Å². The highest BCUT2D eigenvalue weighted by Gasteiger charge is 2.31. The van der Waals surface area contributed by atoms with Gasteiger partial charge in [0.1, 0.15) is 0 Å². The largest absolute Gasteiger partial charge is 0.350 e. The van der Waals surface area contributed by atoms with E-state index in [1.807, 2.05) is 18.2 Å². The number of rotatable bonds is 5. The highest BCUT2D eigenvalue weighted by molar-refractivity contribution is 7.89. The van der Waals surface area contributed by atoms with Crippen LogP contribution in [-0.4, -0.2) is 36.7 Å². The quantitative estimate of drug-likeness (QED) is 0.846. The standard InChI is InChI=1S/C18H20ClN3O3S/c19-15-4-6-17(7-5-15)26(24,25)22-11-8-14(9-12-22)18(23)21-13-16-3-1-2-10-20-16/h1-7,10,14H,8-9,11-13H2,(H,21,23). The van der Waals surface area contributed by atoms with Crippen molar-refractivity contribution in [3.8, 4) is 0 Å². The van der Waals surface area contributed by atoms with Gasteiger partial charge in [0, 0.05) is 30.2 Å². The molecule has 0 radical (unpaired) electrons. The number of halogens is 1. The van der Waals surface area contributed by atoms with Crippen molar-refractivity contribution in [1.29, 1.82) is 0 Å². The second-order valence-electron chi connectivity index (χ2n) is 6.17. The van der Waals surface area contributed by atoms with Gasteiger partial charge < -0.3 is 5.32 Å². The number of aromatic nitrogens is 1. The number of carbonyl (C=O) groups is 1. The molecule has 0 saturated carbocycles. The fourth-order valence-electron chi connectivity index (χ4n) is 2.94. The molecule has 138 valence electrons. The molecule has 1 aromatic heterocycles. The fourth-order valence-corrected chi connectivity index (χ4v) is 4.53. The number of sulfonamides is 1. The number of pyridine rings is 1. The van der Waals surface area contributed by atoms with E-state index in [2.05, 4.69) is 10.3 Å². The van der Waals surface area contributed by atoms with Crippen LogP contribution in [0, 0.1) is 5.92 Å². The minimum Gasteiger partial charge on any atom is -0.350 e. The molecule has 0 atom stereocenters. The van der Waals surface area contributed by atoms with Crippen molar-refractivity contribution in [2.75, 3.05) is 13.1 Å². The van der Waals surface area contributed by atoms with Crippen LogP contribution in [0.15, 0.2) is 53.6 Å². The Morgan fingerprint density at radius 3 is 2.46 bits per heavy atom. The summed E-state index contributed by atoms with van der Waals surface area (Å²) in [6, 6.07) is 11.7. The molecule has 0 spiro atoms. The van der Waals surface area contributed by atoms with Gasteiger partial charge in [0.2, 0.25) is 15.9 Å². The summed E-state index contributed by atoms with van der Waals surface area (Å²) in [5.41, 5.74) is 0.795. The Bertz CT molecular complexity index is 849. The SMILES string of the molecule is O=C(NCc1ccccn1)C1CCN(S(=O)(=O)c2ccc(Cl)cc2)CC1. The number of nitrogens with zero attached hydrogens (tertiary/aromatic N) is 2. The van der Waals surface area contributed by atoms with E-state index in [4.69, 9.17) is 11.6 Å². The summed E-state index contributed by atoms with van der Waals surface area (Å²) in [6.07, 6.45) is 2.68. The van der Waals surface area contributed by atoms with E-state index in [9.17, 15) is 13.2 Å². The topological polar surface area (TPSA) is 79.4 Å². The van der Waals surface area contributed by atoms with Gasteiger partial charge in [-0.15, -0.1) is 0 Å². The van der Waals surface area contributed by atoms with Crippen LogP contribution in [0.2, 0.25) is 5.02 Å². The Kier molecular flexibility index (Phi) is 5.90. The zero-order valence-electron chi connectivity index (χ0n) is 14.1. The van der Waals surface area contributed by atoms with Crippen molar-refractivity contribution in [2.45, 2.75) is 24.3 Å². The predicted octanol–water partition coefficient (Wildman–Crippen LogP) is 2.45. The lowest BCUT2D eigenvalue weighted by molar-refractivity contribution is -0.126.